The molecule has 2 heterocycles. The molecule has 0 spiro atoms. The SMILES string of the molecule is CC(NC(=O)N(C)C1CCN(C)CC1)c1ccc(-c2c[nH]cn2)c(Cl)c1Cl. The molecule has 0 bridgehead atoms. The van der Waals surface area contributed by atoms with Gasteiger partial charge in [-0.1, -0.05) is 35.3 Å². The zero-order valence-corrected chi connectivity index (χ0v) is 17.3. The van der Waals surface area contributed by atoms with Crippen LogP contribution in [-0.4, -0.2) is 59.0 Å². The number of likely N-dealkylation sites (tertiary alicyclic amines) is 1. The Balaban J connectivity index is 1.69. The van der Waals surface area contributed by atoms with Gasteiger partial charge in [-0.25, -0.2) is 9.78 Å². The van der Waals surface area contributed by atoms with Crippen molar-refractivity contribution in [2.24, 2.45) is 0 Å². The number of nitrogens with zero attached hydrogens (tertiary/aromatic N) is 3. The summed E-state index contributed by atoms with van der Waals surface area (Å²) in [6.45, 7) is 3.92. The van der Waals surface area contributed by atoms with Crippen molar-refractivity contribution >= 4 is 29.2 Å². The predicted molar refractivity (Wildman–Crippen MR) is 109 cm³/mol. The largest absolute Gasteiger partial charge is 0.351 e. The predicted octanol–water partition coefficient (Wildman–Crippen LogP) is 4.18. The van der Waals surface area contributed by atoms with Crippen LogP contribution in [0.2, 0.25) is 10.0 Å². The van der Waals surface area contributed by atoms with E-state index in [1.54, 1.807) is 17.4 Å². The molecule has 0 radical (unpaired) electrons. The van der Waals surface area contributed by atoms with Gasteiger partial charge in [-0.15, -0.1) is 0 Å². The van der Waals surface area contributed by atoms with Crippen LogP contribution in [0, 0.1) is 0 Å². The molecular formula is C19H25Cl2N5O. The molecular weight excluding hydrogens is 385 g/mol. The number of hydrogen-bond acceptors (Lipinski definition) is 3. The van der Waals surface area contributed by atoms with Crippen LogP contribution in [0.4, 0.5) is 4.79 Å². The van der Waals surface area contributed by atoms with Gasteiger partial charge in [0, 0.05) is 24.8 Å². The van der Waals surface area contributed by atoms with Gasteiger partial charge in [-0.2, -0.15) is 0 Å². The first-order valence-electron chi connectivity index (χ1n) is 9.07. The van der Waals surface area contributed by atoms with Crippen LogP contribution in [0.5, 0.6) is 0 Å². The van der Waals surface area contributed by atoms with Crippen molar-refractivity contribution in [3.63, 3.8) is 0 Å². The Bertz CT molecular complexity index is 788. The molecule has 146 valence electrons. The van der Waals surface area contributed by atoms with Gasteiger partial charge in [0.15, 0.2) is 0 Å². The molecule has 1 aromatic heterocycles. The van der Waals surface area contributed by atoms with E-state index in [4.69, 9.17) is 23.2 Å². The Labute approximate surface area is 169 Å². The molecule has 1 aliphatic rings. The molecule has 1 fully saturated rings. The van der Waals surface area contributed by atoms with Gasteiger partial charge >= 0.3 is 6.03 Å². The van der Waals surface area contributed by atoms with E-state index >= 15 is 0 Å². The summed E-state index contributed by atoms with van der Waals surface area (Å²) in [6.07, 6.45) is 5.33. The van der Waals surface area contributed by atoms with E-state index in [2.05, 4.69) is 27.2 Å². The first-order chi connectivity index (χ1) is 12.9. The average molecular weight is 410 g/mol. The molecule has 6 nitrogen and oxygen atoms in total. The standard InChI is InChI=1S/C19H25Cl2N5O/c1-12(24-19(27)26(3)13-6-8-25(2)9-7-13)14-4-5-15(18(21)17(14)20)16-10-22-11-23-16/h4-5,10-13H,6-9H2,1-3H3,(H,22,23)(H,24,27). The summed E-state index contributed by atoms with van der Waals surface area (Å²) in [6, 6.07) is 3.67. The summed E-state index contributed by atoms with van der Waals surface area (Å²) in [7, 11) is 3.96. The highest BCUT2D eigenvalue weighted by atomic mass is 35.5. The molecule has 2 N–H and O–H groups in total. The van der Waals surface area contributed by atoms with Crippen molar-refractivity contribution in [1.29, 1.82) is 0 Å². The zero-order chi connectivity index (χ0) is 19.6. The molecule has 1 atom stereocenters. The van der Waals surface area contributed by atoms with Crippen LogP contribution in [0.3, 0.4) is 0 Å². The highest BCUT2D eigenvalue weighted by molar-refractivity contribution is 6.44. The van der Waals surface area contributed by atoms with Gasteiger partial charge in [-0.05, 0) is 45.5 Å². The summed E-state index contributed by atoms with van der Waals surface area (Å²) >= 11 is 13.0. The smallest absolute Gasteiger partial charge is 0.317 e. The lowest BCUT2D eigenvalue weighted by atomic mass is 10.0. The van der Waals surface area contributed by atoms with Crippen LogP contribution in [-0.2, 0) is 0 Å². The molecule has 1 unspecified atom stereocenters. The zero-order valence-electron chi connectivity index (χ0n) is 15.8. The summed E-state index contributed by atoms with van der Waals surface area (Å²) in [4.78, 5) is 23.9. The second-order valence-corrected chi connectivity index (χ2v) is 7.86. The first kappa shape index (κ1) is 20.0. The number of halogens is 2. The summed E-state index contributed by atoms with van der Waals surface area (Å²) in [5, 5.41) is 3.91. The van der Waals surface area contributed by atoms with Gasteiger partial charge in [0.1, 0.15) is 0 Å². The van der Waals surface area contributed by atoms with Gasteiger partial charge in [-0.3, -0.25) is 0 Å². The van der Waals surface area contributed by atoms with Gasteiger partial charge in [0.05, 0.1) is 28.1 Å². The third kappa shape index (κ3) is 4.39. The average Bonchev–Trinajstić information content (AvgIpc) is 3.18. The normalized spacial score (nSPS) is 16.9. The van der Waals surface area contributed by atoms with Crippen LogP contribution < -0.4 is 5.32 Å². The minimum atomic E-state index is -0.260. The van der Waals surface area contributed by atoms with E-state index in [1.807, 2.05) is 26.1 Å². The number of aromatic amines is 1. The molecule has 3 rings (SSSR count). The summed E-state index contributed by atoms with van der Waals surface area (Å²) in [5.41, 5.74) is 2.27. The van der Waals surface area contributed by atoms with Crippen molar-refractivity contribution in [2.45, 2.75) is 31.8 Å². The Morgan fingerprint density at radius 2 is 2.04 bits per heavy atom. The lowest BCUT2D eigenvalue weighted by Gasteiger charge is -2.35. The molecule has 0 saturated carbocycles. The molecule has 2 aromatic rings. The number of H-pyrrole nitrogens is 1. The molecule has 2 amide bonds. The van der Waals surface area contributed by atoms with Crippen molar-refractivity contribution < 1.29 is 4.79 Å². The molecule has 1 aromatic carbocycles. The Morgan fingerprint density at radius 1 is 1.33 bits per heavy atom. The number of carbonyl (C=O) groups is 1. The number of rotatable bonds is 4. The van der Waals surface area contributed by atoms with E-state index < -0.39 is 0 Å². The summed E-state index contributed by atoms with van der Waals surface area (Å²) in [5.74, 6) is 0. The van der Waals surface area contributed by atoms with Crippen molar-refractivity contribution in [3.05, 3.63) is 40.3 Å². The fourth-order valence-corrected chi connectivity index (χ4v) is 4.01. The maximum Gasteiger partial charge on any atom is 0.317 e. The molecule has 8 heteroatoms. The lowest BCUT2D eigenvalue weighted by molar-refractivity contribution is 0.146. The molecule has 1 saturated heterocycles. The third-order valence-electron chi connectivity index (χ3n) is 5.25. The Morgan fingerprint density at radius 3 is 2.67 bits per heavy atom. The van der Waals surface area contributed by atoms with Crippen LogP contribution in [0.15, 0.2) is 24.7 Å². The number of urea groups is 1. The second-order valence-electron chi connectivity index (χ2n) is 7.10. The number of benzene rings is 1. The van der Waals surface area contributed by atoms with E-state index in [0.29, 0.717) is 10.0 Å². The van der Waals surface area contributed by atoms with E-state index in [9.17, 15) is 4.79 Å². The summed E-state index contributed by atoms with van der Waals surface area (Å²) < 4.78 is 0. The van der Waals surface area contributed by atoms with E-state index in [1.165, 1.54) is 0 Å². The minimum absolute atomic E-state index is 0.0966. The molecule has 27 heavy (non-hydrogen) atoms. The number of imidazole rings is 1. The second kappa shape index (κ2) is 8.50. The quantitative estimate of drug-likeness (QED) is 0.795. The van der Waals surface area contributed by atoms with Gasteiger partial charge in [0.2, 0.25) is 0 Å². The first-order valence-corrected chi connectivity index (χ1v) is 9.83. The van der Waals surface area contributed by atoms with Crippen molar-refractivity contribution in [3.8, 4) is 11.3 Å². The highest BCUT2D eigenvalue weighted by Gasteiger charge is 2.25. The maximum atomic E-state index is 12.7. The fraction of sp³-hybridized carbons (Fsp3) is 0.474. The van der Waals surface area contributed by atoms with Crippen molar-refractivity contribution in [2.75, 3.05) is 27.2 Å². The number of amides is 2. The molecule has 0 aliphatic carbocycles. The fourth-order valence-electron chi connectivity index (χ4n) is 3.42. The third-order valence-corrected chi connectivity index (χ3v) is 6.15. The number of hydrogen-bond donors (Lipinski definition) is 2. The monoisotopic (exact) mass is 409 g/mol. The number of nitrogens with one attached hydrogen (secondary N) is 2. The van der Waals surface area contributed by atoms with Crippen LogP contribution >= 0.6 is 23.2 Å². The topological polar surface area (TPSA) is 64.3 Å². The number of piperidine rings is 1. The lowest BCUT2D eigenvalue weighted by Crippen LogP contribution is -2.48. The highest BCUT2D eigenvalue weighted by Crippen LogP contribution is 2.37. The maximum absolute atomic E-state index is 12.7. The minimum Gasteiger partial charge on any atom is -0.351 e. The Hall–Kier alpha value is -1.76. The van der Waals surface area contributed by atoms with Gasteiger partial charge < -0.3 is 20.1 Å². The van der Waals surface area contributed by atoms with E-state index in [-0.39, 0.29) is 18.1 Å². The Kier molecular flexibility index (Phi) is 6.29. The van der Waals surface area contributed by atoms with E-state index in [0.717, 1.165) is 42.8 Å². The van der Waals surface area contributed by atoms with Crippen molar-refractivity contribution in [1.82, 2.24) is 25.1 Å². The number of carbonyl (C=O) groups excluding carboxylic acids is 1. The molecule has 1 aliphatic heterocycles. The number of aromatic nitrogens is 2. The van der Waals surface area contributed by atoms with Crippen LogP contribution in [0.1, 0.15) is 31.4 Å². The van der Waals surface area contributed by atoms with Crippen LogP contribution in [0.25, 0.3) is 11.3 Å². The van der Waals surface area contributed by atoms with Gasteiger partial charge in [0.25, 0.3) is 0 Å².